The molecule has 4 amide bonds. The van der Waals surface area contributed by atoms with E-state index in [1.165, 1.54) is 12.5 Å². The van der Waals surface area contributed by atoms with Crippen LogP contribution in [0.2, 0.25) is 0 Å². The van der Waals surface area contributed by atoms with E-state index in [-0.39, 0.29) is 31.6 Å². The van der Waals surface area contributed by atoms with E-state index in [4.69, 9.17) is 11.5 Å². The van der Waals surface area contributed by atoms with Crippen molar-refractivity contribution in [2.45, 2.75) is 63.7 Å². The third kappa shape index (κ3) is 9.65. The average Bonchev–Trinajstić information content (AvgIpc) is 3.38. The molecule has 0 aliphatic heterocycles. The molecule has 13 nitrogen and oxygen atoms in total. The van der Waals surface area contributed by atoms with E-state index < -0.39 is 53.8 Å². The van der Waals surface area contributed by atoms with E-state index in [9.17, 15) is 29.1 Å². The number of aromatic nitrogens is 2. The number of aliphatic carboxylic acids is 1. The first-order valence-corrected chi connectivity index (χ1v) is 12.2. The molecule has 0 aliphatic rings. The third-order valence-corrected chi connectivity index (χ3v) is 5.84. The minimum absolute atomic E-state index is 0.0385. The summed E-state index contributed by atoms with van der Waals surface area (Å²) in [5.41, 5.74) is 12.3. The van der Waals surface area contributed by atoms with Crippen LogP contribution < -0.4 is 27.4 Å². The van der Waals surface area contributed by atoms with Crippen molar-refractivity contribution in [3.63, 3.8) is 0 Å². The normalized spacial score (nSPS) is 14.1. The topological polar surface area (TPSA) is 222 Å². The van der Waals surface area contributed by atoms with Crippen LogP contribution in [0.4, 0.5) is 0 Å². The van der Waals surface area contributed by atoms with Gasteiger partial charge in [0.05, 0.1) is 12.4 Å². The van der Waals surface area contributed by atoms with Gasteiger partial charge in [0, 0.05) is 31.2 Å². The van der Waals surface area contributed by atoms with Crippen LogP contribution in [0.3, 0.4) is 0 Å². The molecule has 0 saturated heterocycles. The number of hydrogen-bond donors (Lipinski definition) is 7. The second-order valence-electron chi connectivity index (χ2n) is 9.27. The first kappa shape index (κ1) is 30.0. The SMILES string of the molecule is CC(C)C(N)C(=O)NC(Cc1cnc[nH]1)C(=O)NC(Cc1ccccc1)C(=O)NC(CCC(N)=O)C(=O)O. The highest BCUT2D eigenvalue weighted by atomic mass is 16.4. The van der Waals surface area contributed by atoms with E-state index in [0.717, 1.165) is 0 Å². The van der Waals surface area contributed by atoms with Gasteiger partial charge in [-0.15, -0.1) is 0 Å². The molecule has 1 heterocycles. The second kappa shape index (κ2) is 14.5. The van der Waals surface area contributed by atoms with E-state index >= 15 is 0 Å². The molecule has 9 N–H and O–H groups in total. The molecular weight excluding hydrogens is 494 g/mol. The quantitative estimate of drug-likeness (QED) is 0.151. The number of nitrogens with zero attached hydrogens (tertiary/aromatic N) is 1. The number of imidazole rings is 1. The zero-order valence-electron chi connectivity index (χ0n) is 21.3. The lowest BCUT2D eigenvalue weighted by Crippen LogP contribution is -2.58. The molecule has 1 aromatic carbocycles. The van der Waals surface area contributed by atoms with Gasteiger partial charge in [-0.25, -0.2) is 9.78 Å². The lowest BCUT2D eigenvalue weighted by Gasteiger charge is -2.25. The van der Waals surface area contributed by atoms with Crippen molar-refractivity contribution in [2.75, 3.05) is 0 Å². The van der Waals surface area contributed by atoms with Crippen molar-refractivity contribution in [1.82, 2.24) is 25.9 Å². The van der Waals surface area contributed by atoms with Gasteiger partial charge in [0.15, 0.2) is 0 Å². The molecule has 2 aromatic rings. The maximum absolute atomic E-state index is 13.4. The van der Waals surface area contributed by atoms with Gasteiger partial charge in [0.25, 0.3) is 0 Å². The monoisotopic (exact) mass is 529 g/mol. The Labute approximate surface area is 220 Å². The zero-order chi connectivity index (χ0) is 28.2. The molecule has 4 atom stereocenters. The van der Waals surface area contributed by atoms with Crippen LogP contribution >= 0.6 is 0 Å². The van der Waals surface area contributed by atoms with Crippen molar-refractivity contribution in [3.8, 4) is 0 Å². The fraction of sp³-hybridized carbons (Fsp3) is 0.440. The first-order valence-electron chi connectivity index (χ1n) is 12.2. The van der Waals surface area contributed by atoms with Crippen LogP contribution in [0.5, 0.6) is 0 Å². The maximum Gasteiger partial charge on any atom is 0.326 e. The number of aromatic amines is 1. The maximum atomic E-state index is 13.4. The summed E-state index contributed by atoms with van der Waals surface area (Å²) < 4.78 is 0. The lowest BCUT2D eigenvalue weighted by molar-refractivity contribution is -0.142. The molecule has 206 valence electrons. The number of carboxylic acids is 1. The molecule has 0 radical (unpaired) electrons. The van der Waals surface area contributed by atoms with E-state index in [0.29, 0.717) is 11.3 Å². The Hall–Kier alpha value is -4.26. The Morgan fingerprint density at radius 1 is 0.921 bits per heavy atom. The number of nitrogens with one attached hydrogen (secondary N) is 4. The van der Waals surface area contributed by atoms with Crippen LogP contribution in [0.25, 0.3) is 0 Å². The summed E-state index contributed by atoms with van der Waals surface area (Å²) >= 11 is 0. The molecule has 1 aromatic heterocycles. The van der Waals surface area contributed by atoms with E-state index in [1.54, 1.807) is 44.2 Å². The predicted octanol–water partition coefficient (Wildman–Crippen LogP) is -1.02. The van der Waals surface area contributed by atoms with E-state index in [2.05, 4.69) is 25.9 Å². The van der Waals surface area contributed by atoms with Gasteiger partial charge in [0.1, 0.15) is 18.1 Å². The number of primary amides is 1. The van der Waals surface area contributed by atoms with Gasteiger partial charge in [-0.05, 0) is 17.9 Å². The Kier molecular flexibility index (Phi) is 11.4. The van der Waals surface area contributed by atoms with Gasteiger partial charge in [0.2, 0.25) is 23.6 Å². The molecule has 0 fully saturated rings. The number of rotatable bonds is 15. The number of carbonyl (C=O) groups is 5. The number of hydrogen-bond acceptors (Lipinski definition) is 7. The number of benzene rings is 1. The fourth-order valence-corrected chi connectivity index (χ4v) is 3.54. The molecule has 4 unspecified atom stereocenters. The number of carbonyl (C=O) groups excluding carboxylic acids is 4. The minimum atomic E-state index is -1.39. The summed E-state index contributed by atoms with van der Waals surface area (Å²) in [6, 6.07) is 4.24. The Bertz CT molecular complexity index is 1090. The third-order valence-electron chi connectivity index (χ3n) is 5.84. The van der Waals surface area contributed by atoms with Gasteiger partial charge < -0.3 is 37.5 Å². The zero-order valence-corrected chi connectivity index (χ0v) is 21.3. The summed E-state index contributed by atoms with van der Waals surface area (Å²) in [5.74, 6) is -4.24. The van der Waals surface area contributed by atoms with Gasteiger partial charge >= 0.3 is 5.97 Å². The van der Waals surface area contributed by atoms with Crippen LogP contribution in [0.15, 0.2) is 42.9 Å². The largest absolute Gasteiger partial charge is 0.480 e. The summed E-state index contributed by atoms with van der Waals surface area (Å²) in [6.45, 7) is 3.54. The molecule has 13 heteroatoms. The molecule has 0 spiro atoms. The van der Waals surface area contributed by atoms with Crippen molar-refractivity contribution >= 4 is 29.6 Å². The van der Waals surface area contributed by atoms with Crippen LogP contribution in [0, 0.1) is 5.92 Å². The van der Waals surface area contributed by atoms with Crippen molar-refractivity contribution < 1.29 is 29.1 Å². The molecular formula is C25H35N7O6. The first-order chi connectivity index (χ1) is 18.0. The van der Waals surface area contributed by atoms with Gasteiger partial charge in [-0.2, -0.15) is 0 Å². The van der Waals surface area contributed by atoms with E-state index in [1.807, 2.05) is 0 Å². The Morgan fingerprint density at radius 2 is 1.50 bits per heavy atom. The Balaban J connectivity index is 2.27. The van der Waals surface area contributed by atoms with Crippen molar-refractivity contribution in [3.05, 3.63) is 54.1 Å². The molecule has 0 saturated carbocycles. The summed E-state index contributed by atoms with van der Waals surface area (Å²) in [7, 11) is 0. The van der Waals surface area contributed by atoms with Crippen LogP contribution in [0.1, 0.15) is 37.9 Å². The molecule has 0 aliphatic carbocycles. The summed E-state index contributed by atoms with van der Waals surface area (Å²) in [5, 5.41) is 17.1. The number of H-pyrrole nitrogens is 1. The highest BCUT2D eigenvalue weighted by Crippen LogP contribution is 2.08. The molecule has 2 rings (SSSR count). The minimum Gasteiger partial charge on any atom is -0.480 e. The van der Waals surface area contributed by atoms with Crippen LogP contribution in [-0.2, 0) is 36.8 Å². The van der Waals surface area contributed by atoms with Gasteiger partial charge in [-0.3, -0.25) is 19.2 Å². The van der Waals surface area contributed by atoms with Crippen LogP contribution in [-0.4, -0.2) is 68.8 Å². The highest BCUT2D eigenvalue weighted by molar-refractivity contribution is 5.94. The van der Waals surface area contributed by atoms with Crippen molar-refractivity contribution in [2.24, 2.45) is 17.4 Å². The second-order valence-corrected chi connectivity index (χ2v) is 9.27. The van der Waals surface area contributed by atoms with Gasteiger partial charge in [-0.1, -0.05) is 44.2 Å². The predicted molar refractivity (Wildman–Crippen MR) is 137 cm³/mol. The highest BCUT2D eigenvalue weighted by Gasteiger charge is 2.31. The number of nitrogens with two attached hydrogens (primary N) is 2. The van der Waals surface area contributed by atoms with Crippen molar-refractivity contribution in [1.29, 1.82) is 0 Å². The fourth-order valence-electron chi connectivity index (χ4n) is 3.54. The average molecular weight is 530 g/mol. The number of amides is 4. The molecule has 38 heavy (non-hydrogen) atoms. The standard InChI is InChI=1S/C25H35N7O6/c1-14(2)21(27)24(36)32-19(11-16-12-28-13-29-16)23(35)31-18(10-15-6-4-3-5-7-15)22(34)30-17(25(37)38)8-9-20(26)33/h3-7,12-14,17-19,21H,8-11,27H2,1-2H3,(H2,26,33)(H,28,29)(H,30,34)(H,31,35)(H,32,36)(H,37,38). The number of carboxylic acid groups (broad SMARTS) is 1. The Morgan fingerprint density at radius 3 is 2.03 bits per heavy atom. The summed E-state index contributed by atoms with van der Waals surface area (Å²) in [4.78, 5) is 68.8. The molecule has 0 bridgehead atoms. The smallest absolute Gasteiger partial charge is 0.326 e. The summed E-state index contributed by atoms with van der Waals surface area (Å²) in [6.07, 6.45) is 2.54. The lowest BCUT2D eigenvalue weighted by atomic mass is 10.0.